The molecule has 1 atom stereocenters. The van der Waals surface area contributed by atoms with Gasteiger partial charge in [-0.15, -0.1) is 23.1 Å². The Hall–Kier alpha value is -5.83. The number of nitriles is 1. The number of aryl methyl sites for hydroxylation is 1. The zero-order valence-corrected chi connectivity index (χ0v) is 29.4. The number of thioether (sulfide) groups is 1. The van der Waals surface area contributed by atoms with Gasteiger partial charge in [0, 0.05) is 38.7 Å². The summed E-state index contributed by atoms with van der Waals surface area (Å²) in [5.41, 5.74) is 4.60. The quantitative estimate of drug-likeness (QED) is 0.0884. The molecule has 0 spiro atoms. The Morgan fingerprint density at radius 2 is 1.66 bits per heavy atom. The number of nitrogens with one attached hydrogen (secondary N) is 3. The normalized spacial score (nSPS) is 11.5. The topological polar surface area (TPSA) is 130 Å². The van der Waals surface area contributed by atoms with Gasteiger partial charge >= 0.3 is 0 Å². The molecule has 1 unspecified atom stereocenters. The average molecular weight is 703 g/mol. The molecule has 0 aliphatic rings. The third kappa shape index (κ3) is 8.79. The molecule has 1 heterocycles. The summed E-state index contributed by atoms with van der Waals surface area (Å²) in [6.07, 6.45) is 1.53. The van der Waals surface area contributed by atoms with Gasteiger partial charge in [0.2, 0.25) is 5.91 Å². The zero-order valence-electron chi connectivity index (χ0n) is 27.8. The number of hydrogen-bond donors (Lipinski definition) is 3. The number of ether oxygens (including phenoxy) is 2. The SMILES string of the molecule is COc1ccc(/C=C(/NC(=O)c2ccccc2)C(=O)Nc2cccc(SC(C)C(=O)Nc3scc(-c4ccc(C)cc4)c3C#N)c2)c(OC)c1. The van der Waals surface area contributed by atoms with Crippen LogP contribution in [0.15, 0.2) is 113 Å². The number of anilines is 2. The van der Waals surface area contributed by atoms with Crippen molar-refractivity contribution >= 4 is 57.6 Å². The molecule has 11 heteroatoms. The Bertz CT molecular complexity index is 2090. The molecule has 0 saturated heterocycles. The van der Waals surface area contributed by atoms with E-state index in [0.717, 1.165) is 21.6 Å². The van der Waals surface area contributed by atoms with Crippen molar-refractivity contribution in [2.24, 2.45) is 0 Å². The summed E-state index contributed by atoms with van der Waals surface area (Å²) in [4.78, 5) is 40.8. The second kappa shape index (κ2) is 16.5. The van der Waals surface area contributed by atoms with Crippen LogP contribution in [0.25, 0.3) is 17.2 Å². The molecule has 1 aromatic heterocycles. The van der Waals surface area contributed by atoms with E-state index in [4.69, 9.17) is 9.47 Å². The van der Waals surface area contributed by atoms with Gasteiger partial charge in [-0.2, -0.15) is 5.26 Å². The molecule has 9 nitrogen and oxygen atoms in total. The van der Waals surface area contributed by atoms with Gasteiger partial charge in [0.05, 0.1) is 25.0 Å². The van der Waals surface area contributed by atoms with Gasteiger partial charge in [-0.25, -0.2) is 0 Å². The van der Waals surface area contributed by atoms with Crippen molar-refractivity contribution in [3.8, 4) is 28.7 Å². The maximum Gasteiger partial charge on any atom is 0.272 e. The van der Waals surface area contributed by atoms with Crippen LogP contribution >= 0.6 is 23.1 Å². The van der Waals surface area contributed by atoms with Crippen LogP contribution in [0, 0.1) is 18.3 Å². The molecular weight excluding hydrogens is 669 g/mol. The monoisotopic (exact) mass is 702 g/mol. The van der Waals surface area contributed by atoms with E-state index in [1.807, 2.05) is 42.6 Å². The molecule has 0 aliphatic heterocycles. The van der Waals surface area contributed by atoms with Gasteiger partial charge < -0.3 is 25.4 Å². The second-order valence-electron chi connectivity index (χ2n) is 11.0. The Kier molecular flexibility index (Phi) is 11.7. The maximum atomic E-state index is 13.7. The van der Waals surface area contributed by atoms with Crippen LogP contribution in [0.3, 0.4) is 0 Å². The van der Waals surface area contributed by atoms with Gasteiger partial charge in [0.1, 0.15) is 28.3 Å². The van der Waals surface area contributed by atoms with Crippen LogP contribution in [-0.2, 0) is 9.59 Å². The number of carbonyl (C=O) groups is 3. The van der Waals surface area contributed by atoms with Crippen molar-refractivity contribution < 1.29 is 23.9 Å². The number of hydrogen-bond acceptors (Lipinski definition) is 8. The van der Waals surface area contributed by atoms with E-state index in [-0.39, 0.29) is 11.6 Å². The highest BCUT2D eigenvalue weighted by Gasteiger charge is 2.21. The molecule has 0 saturated carbocycles. The van der Waals surface area contributed by atoms with Crippen LogP contribution in [0.5, 0.6) is 11.5 Å². The van der Waals surface area contributed by atoms with Crippen LogP contribution in [0.1, 0.15) is 34.0 Å². The summed E-state index contributed by atoms with van der Waals surface area (Å²) in [5, 5.41) is 20.2. The van der Waals surface area contributed by atoms with Crippen molar-refractivity contribution in [1.29, 1.82) is 5.26 Å². The summed E-state index contributed by atoms with van der Waals surface area (Å²) >= 11 is 2.61. The van der Waals surface area contributed by atoms with E-state index in [9.17, 15) is 19.6 Å². The van der Waals surface area contributed by atoms with Crippen molar-refractivity contribution in [3.63, 3.8) is 0 Å². The Morgan fingerprint density at radius 3 is 2.36 bits per heavy atom. The molecule has 3 amide bonds. The molecule has 50 heavy (non-hydrogen) atoms. The highest BCUT2D eigenvalue weighted by atomic mass is 32.2. The molecule has 3 N–H and O–H groups in total. The van der Waals surface area contributed by atoms with Crippen molar-refractivity contribution in [3.05, 3.63) is 130 Å². The molecule has 0 aliphatic carbocycles. The van der Waals surface area contributed by atoms with E-state index in [1.165, 1.54) is 36.3 Å². The fourth-order valence-corrected chi connectivity index (χ4v) is 6.71. The fourth-order valence-electron chi connectivity index (χ4n) is 4.86. The summed E-state index contributed by atoms with van der Waals surface area (Å²) < 4.78 is 10.8. The van der Waals surface area contributed by atoms with Gasteiger partial charge in [-0.05, 0) is 68.0 Å². The number of methoxy groups -OCH3 is 2. The molecular formula is C39H34N4O5S2. The summed E-state index contributed by atoms with van der Waals surface area (Å²) in [6.45, 7) is 3.77. The summed E-state index contributed by atoms with van der Waals surface area (Å²) in [5.74, 6) is -0.264. The zero-order chi connectivity index (χ0) is 35.6. The van der Waals surface area contributed by atoms with Crippen LogP contribution in [0.4, 0.5) is 10.7 Å². The Morgan fingerprint density at radius 1 is 0.900 bits per heavy atom. The predicted molar refractivity (Wildman–Crippen MR) is 200 cm³/mol. The van der Waals surface area contributed by atoms with E-state index in [0.29, 0.717) is 38.9 Å². The molecule has 5 aromatic rings. The lowest BCUT2D eigenvalue weighted by molar-refractivity contribution is -0.115. The number of amides is 3. The van der Waals surface area contributed by atoms with Crippen molar-refractivity contribution in [2.75, 3.05) is 24.9 Å². The smallest absolute Gasteiger partial charge is 0.272 e. The third-order valence-corrected chi connectivity index (χ3v) is 9.53. The minimum absolute atomic E-state index is 0.0117. The standard InChI is InChI=1S/C39H34N4O5S2/c1-24-13-15-26(16-14-24)33-23-49-39(32(33)22-40)43-36(44)25(2)50-31-12-8-11-29(20-31)41-38(46)34(42-37(45)27-9-6-5-7-10-27)19-28-17-18-30(47-3)21-35(28)48-4/h5-21,23,25H,1-4H3,(H,41,46)(H,42,45)(H,43,44)/b34-19+. The first-order valence-corrected chi connectivity index (χ1v) is 17.2. The average Bonchev–Trinajstić information content (AvgIpc) is 3.54. The van der Waals surface area contributed by atoms with Crippen LogP contribution < -0.4 is 25.4 Å². The van der Waals surface area contributed by atoms with Gasteiger partial charge in [-0.3, -0.25) is 14.4 Å². The number of carbonyl (C=O) groups excluding carboxylic acids is 3. The molecule has 5 rings (SSSR count). The number of benzene rings is 4. The fraction of sp³-hybridized carbons (Fsp3) is 0.128. The van der Waals surface area contributed by atoms with Gasteiger partial charge in [0.15, 0.2) is 0 Å². The first kappa shape index (κ1) is 35.5. The highest BCUT2D eigenvalue weighted by Crippen LogP contribution is 2.36. The minimum atomic E-state index is -0.564. The molecule has 0 radical (unpaired) electrons. The van der Waals surface area contributed by atoms with Gasteiger partial charge in [0.25, 0.3) is 11.8 Å². The number of nitrogens with zero attached hydrogens (tertiary/aromatic N) is 1. The lowest BCUT2D eigenvalue weighted by atomic mass is 10.0. The van der Waals surface area contributed by atoms with E-state index >= 15 is 0 Å². The Labute approximate surface area is 299 Å². The highest BCUT2D eigenvalue weighted by molar-refractivity contribution is 8.00. The van der Waals surface area contributed by atoms with Crippen LogP contribution in [0.2, 0.25) is 0 Å². The number of thiophene rings is 1. The van der Waals surface area contributed by atoms with Crippen molar-refractivity contribution in [1.82, 2.24) is 5.32 Å². The van der Waals surface area contributed by atoms with Crippen LogP contribution in [-0.4, -0.2) is 37.2 Å². The Balaban J connectivity index is 1.31. The molecule has 4 aromatic carbocycles. The van der Waals surface area contributed by atoms with Gasteiger partial charge in [-0.1, -0.05) is 54.1 Å². The second-order valence-corrected chi connectivity index (χ2v) is 13.3. The molecule has 0 bridgehead atoms. The molecule has 252 valence electrons. The summed E-state index contributed by atoms with van der Waals surface area (Å²) in [6, 6.07) is 30.9. The maximum absolute atomic E-state index is 13.7. The van der Waals surface area contributed by atoms with E-state index in [1.54, 1.807) is 80.8 Å². The third-order valence-electron chi connectivity index (χ3n) is 7.55. The molecule has 0 fully saturated rings. The largest absolute Gasteiger partial charge is 0.497 e. The minimum Gasteiger partial charge on any atom is -0.497 e. The van der Waals surface area contributed by atoms with Crippen molar-refractivity contribution in [2.45, 2.75) is 24.0 Å². The van der Waals surface area contributed by atoms with E-state index < -0.39 is 17.1 Å². The summed E-state index contributed by atoms with van der Waals surface area (Å²) in [7, 11) is 3.05. The first-order chi connectivity index (χ1) is 24.2. The predicted octanol–water partition coefficient (Wildman–Crippen LogP) is 8.14. The van der Waals surface area contributed by atoms with E-state index in [2.05, 4.69) is 22.0 Å². The first-order valence-electron chi connectivity index (χ1n) is 15.5. The lowest BCUT2D eigenvalue weighted by Crippen LogP contribution is -2.30. The number of rotatable bonds is 12. The lowest BCUT2D eigenvalue weighted by Gasteiger charge is -2.14.